The summed E-state index contributed by atoms with van der Waals surface area (Å²) in [6.07, 6.45) is 9.86. The van der Waals surface area contributed by atoms with Crippen LogP contribution in [0.3, 0.4) is 0 Å². The number of nitrogens with zero attached hydrogens (tertiary/aromatic N) is 5. The second-order valence-corrected chi connectivity index (χ2v) is 13.5. The molecule has 2 aliphatic rings. The Morgan fingerprint density at radius 3 is 2.69 bits per heavy atom. The largest absolute Gasteiger partial charge is 0.469 e. The molecule has 2 amide bonds. The first-order valence-corrected chi connectivity index (χ1v) is 17.6. The van der Waals surface area contributed by atoms with E-state index in [0.717, 1.165) is 56.7 Å². The highest BCUT2D eigenvalue weighted by molar-refractivity contribution is 6.38. The molecule has 3 N–H and O–H groups in total. The number of halogens is 2. The number of amides is 2. The normalized spacial score (nSPS) is 17.4. The Labute approximate surface area is 305 Å². The van der Waals surface area contributed by atoms with E-state index in [1.54, 1.807) is 18.5 Å². The minimum Gasteiger partial charge on any atom is -0.469 e. The first-order valence-electron chi connectivity index (χ1n) is 17.2. The number of aromatic amines is 2. The van der Waals surface area contributed by atoms with Crippen LogP contribution in [0.1, 0.15) is 56.5 Å². The van der Waals surface area contributed by atoms with Crippen LogP contribution >= 0.6 is 11.6 Å². The zero-order valence-electron chi connectivity index (χ0n) is 28.7. The van der Waals surface area contributed by atoms with E-state index in [9.17, 15) is 19.1 Å². The van der Waals surface area contributed by atoms with Gasteiger partial charge in [0, 0.05) is 35.0 Å². The molecule has 1 saturated heterocycles. The predicted octanol–water partition coefficient (Wildman–Crippen LogP) is 8.84. The van der Waals surface area contributed by atoms with Crippen molar-refractivity contribution in [2.24, 2.45) is 0 Å². The summed E-state index contributed by atoms with van der Waals surface area (Å²) in [6, 6.07) is 11.6. The van der Waals surface area contributed by atoms with Gasteiger partial charge in [0.25, 0.3) is 0 Å². The van der Waals surface area contributed by atoms with Gasteiger partial charge in [-0.2, -0.15) is 0 Å². The van der Waals surface area contributed by atoms with E-state index < -0.39 is 18.5 Å². The minimum atomic E-state index is -1.15. The Morgan fingerprint density at radius 1 is 1.17 bits per heavy atom. The molecular weight excluding hydrogens is 685 g/mol. The standard InChI is InChI=1S/C39H39ClFN7O4/c1-4-7-24(5-2)9-14-35-48-31-13-11-25(29-18-42-34(44-29)21-46(22-49)20-23(3)41)16-28(31)36(40)37(48)27-12-10-26(17-33(27)52-35)30-19-43-38(45-30)32-8-6-15-47(32)39(50)51/h4-5,7,10-13,16-19,22-23,32,35H,1-2,6,8-9,14-15,20-21H2,3H3,(H,42,44)(H,43,45)(H,50,51)/b24-7+. The van der Waals surface area contributed by atoms with Gasteiger partial charge in [0.2, 0.25) is 6.41 Å². The van der Waals surface area contributed by atoms with E-state index in [2.05, 4.69) is 37.7 Å². The van der Waals surface area contributed by atoms with E-state index in [0.29, 0.717) is 54.6 Å². The highest BCUT2D eigenvalue weighted by Crippen LogP contribution is 2.49. The summed E-state index contributed by atoms with van der Waals surface area (Å²) in [5.41, 5.74) is 6.79. The summed E-state index contributed by atoms with van der Waals surface area (Å²) >= 11 is 7.29. The molecule has 3 atom stereocenters. The molecule has 268 valence electrons. The molecule has 2 aromatic carbocycles. The Balaban J connectivity index is 1.26. The van der Waals surface area contributed by atoms with Crippen molar-refractivity contribution in [1.29, 1.82) is 0 Å². The van der Waals surface area contributed by atoms with Gasteiger partial charge in [-0.3, -0.25) is 9.69 Å². The number of hydrogen-bond donors (Lipinski definition) is 3. The number of rotatable bonds is 13. The number of imidazole rings is 2. The van der Waals surface area contributed by atoms with E-state index >= 15 is 0 Å². The lowest BCUT2D eigenvalue weighted by molar-refractivity contribution is -0.119. The molecule has 5 heterocycles. The van der Waals surface area contributed by atoms with Gasteiger partial charge < -0.3 is 29.3 Å². The zero-order chi connectivity index (χ0) is 36.5. The fraction of sp³-hybridized carbons (Fsp3) is 0.282. The molecule has 3 aromatic heterocycles. The van der Waals surface area contributed by atoms with Crippen molar-refractivity contribution in [2.75, 3.05) is 13.1 Å². The number of allylic oxidation sites excluding steroid dienone is 4. The number of ether oxygens (including phenoxy) is 1. The molecule has 0 radical (unpaired) electrons. The molecule has 2 aliphatic heterocycles. The van der Waals surface area contributed by atoms with Crippen molar-refractivity contribution in [1.82, 2.24) is 34.3 Å². The van der Waals surface area contributed by atoms with Crippen LogP contribution in [-0.4, -0.2) is 71.2 Å². The van der Waals surface area contributed by atoms with Crippen LogP contribution in [0.25, 0.3) is 44.7 Å². The van der Waals surface area contributed by atoms with Gasteiger partial charge in [-0.15, -0.1) is 0 Å². The van der Waals surface area contributed by atoms with Crippen molar-refractivity contribution >= 4 is 35.0 Å². The third kappa shape index (κ3) is 6.61. The van der Waals surface area contributed by atoms with Crippen molar-refractivity contribution in [3.05, 3.63) is 102 Å². The Kier molecular flexibility index (Phi) is 9.74. The molecule has 13 heteroatoms. The van der Waals surface area contributed by atoms with Gasteiger partial charge >= 0.3 is 6.09 Å². The number of H-pyrrole nitrogens is 2. The minimum absolute atomic E-state index is 0.0177. The number of nitrogens with one attached hydrogen (secondary N) is 2. The van der Waals surface area contributed by atoms with Crippen molar-refractivity contribution in [3.8, 4) is 39.5 Å². The smallest absolute Gasteiger partial charge is 0.407 e. The molecule has 5 aromatic rings. The zero-order valence-corrected chi connectivity index (χ0v) is 29.4. The fourth-order valence-electron chi connectivity index (χ4n) is 7.24. The third-order valence-electron chi connectivity index (χ3n) is 9.65. The van der Waals surface area contributed by atoms with Crippen LogP contribution in [0, 0.1) is 0 Å². The maximum atomic E-state index is 13.6. The number of likely N-dealkylation sites (tertiary alicyclic amines) is 1. The van der Waals surface area contributed by atoms with Gasteiger partial charge in [-0.1, -0.05) is 55.1 Å². The molecular formula is C39H39ClFN7O4. The number of carboxylic acid groups (broad SMARTS) is 1. The predicted molar refractivity (Wildman–Crippen MR) is 199 cm³/mol. The second-order valence-electron chi connectivity index (χ2n) is 13.1. The summed E-state index contributed by atoms with van der Waals surface area (Å²) in [5, 5.41) is 11.1. The summed E-state index contributed by atoms with van der Waals surface area (Å²) in [5.74, 6) is 1.83. The maximum Gasteiger partial charge on any atom is 0.407 e. The SMILES string of the molecule is C=C/C=C(\C=C)CCC1Oc2cc(-c3cnc(C4CCCN4C(=O)O)[nH]3)ccc2-c2c(Cl)c3cc(-c4cnc(CN(C=O)CC(C)F)[nH]4)ccc3n21. The van der Waals surface area contributed by atoms with E-state index in [-0.39, 0.29) is 19.1 Å². The average molecular weight is 724 g/mol. The Hall–Kier alpha value is -5.62. The molecule has 11 nitrogen and oxygen atoms in total. The lowest BCUT2D eigenvalue weighted by Gasteiger charge is -2.30. The van der Waals surface area contributed by atoms with E-state index in [4.69, 9.17) is 16.3 Å². The maximum absolute atomic E-state index is 13.6. The highest BCUT2D eigenvalue weighted by atomic mass is 35.5. The van der Waals surface area contributed by atoms with Crippen molar-refractivity contribution < 1.29 is 23.8 Å². The topological polar surface area (TPSA) is 132 Å². The average Bonchev–Trinajstić information content (AvgIpc) is 3.96. The van der Waals surface area contributed by atoms with Gasteiger partial charge in [0.05, 0.1) is 59.1 Å². The first kappa shape index (κ1) is 34.8. The van der Waals surface area contributed by atoms with Crippen LogP contribution in [-0.2, 0) is 11.3 Å². The first-order chi connectivity index (χ1) is 25.2. The summed E-state index contributed by atoms with van der Waals surface area (Å²) in [7, 11) is 0. The number of benzene rings is 2. The number of carbonyl (C=O) groups excluding carboxylic acids is 1. The highest BCUT2D eigenvalue weighted by Gasteiger charge is 2.33. The van der Waals surface area contributed by atoms with Crippen molar-refractivity contribution in [3.63, 3.8) is 0 Å². The number of alkyl halides is 1. The fourth-order valence-corrected chi connectivity index (χ4v) is 7.58. The van der Waals surface area contributed by atoms with Crippen LogP contribution in [0.4, 0.5) is 9.18 Å². The van der Waals surface area contributed by atoms with Gasteiger partial charge in [0.15, 0.2) is 6.23 Å². The quantitative estimate of drug-likeness (QED) is 0.0822. The summed E-state index contributed by atoms with van der Waals surface area (Å²) in [4.78, 5) is 41.6. The number of hydrogen-bond acceptors (Lipinski definition) is 5. The van der Waals surface area contributed by atoms with Crippen LogP contribution in [0.15, 0.2) is 85.8 Å². The Morgan fingerprint density at radius 2 is 1.94 bits per heavy atom. The summed E-state index contributed by atoms with van der Waals surface area (Å²) < 4.78 is 22.5. The van der Waals surface area contributed by atoms with Crippen molar-refractivity contribution in [2.45, 2.75) is 57.6 Å². The molecule has 1 fully saturated rings. The molecule has 3 unspecified atom stereocenters. The lowest BCUT2D eigenvalue weighted by atomic mass is 10.0. The molecule has 52 heavy (non-hydrogen) atoms. The van der Waals surface area contributed by atoms with Crippen LogP contribution in [0.2, 0.25) is 5.02 Å². The number of aromatic nitrogens is 5. The number of fused-ring (bicyclic) bond motifs is 5. The van der Waals surface area contributed by atoms with Crippen LogP contribution < -0.4 is 4.74 Å². The molecule has 7 rings (SSSR count). The van der Waals surface area contributed by atoms with Crippen LogP contribution in [0.5, 0.6) is 5.75 Å². The number of carbonyl (C=O) groups is 2. The van der Waals surface area contributed by atoms with Gasteiger partial charge in [-0.05, 0) is 56.0 Å². The van der Waals surface area contributed by atoms with E-state index in [1.807, 2.05) is 48.6 Å². The lowest BCUT2D eigenvalue weighted by Crippen LogP contribution is -2.29. The van der Waals surface area contributed by atoms with E-state index in [1.165, 1.54) is 16.7 Å². The summed E-state index contributed by atoms with van der Waals surface area (Å²) in [6.45, 7) is 9.84. The Bertz CT molecular complexity index is 2200. The van der Waals surface area contributed by atoms with Gasteiger partial charge in [-0.25, -0.2) is 19.2 Å². The third-order valence-corrected chi connectivity index (χ3v) is 10.0. The molecule has 0 bridgehead atoms. The van der Waals surface area contributed by atoms with Gasteiger partial charge in [0.1, 0.15) is 23.6 Å². The molecule has 0 saturated carbocycles. The monoisotopic (exact) mass is 723 g/mol. The molecule has 0 aliphatic carbocycles. The second kappa shape index (κ2) is 14.5. The molecule has 0 spiro atoms.